The monoisotopic (exact) mass is 404 g/mol. The van der Waals surface area contributed by atoms with Crippen LogP contribution >= 0.6 is 0 Å². The summed E-state index contributed by atoms with van der Waals surface area (Å²) in [4.78, 5) is 0. The summed E-state index contributed by atoms with van der Waals surface area (Å²) < 4.78 is 32.7. The molecular weight excluding hydrogens is 356 g/mol. The van der Waals surface area contributed by atoms with Gasteiger partial charge in [-0.25, -0.2) is 0 Å². The maximum atomic E-state index is 11.6. The maximum Gasteiger partial charge on any atom is 0.267 e. The van der Waals surface area contributed by atoms with Crippen LogP contribution in [0.15, 0.2) is 0 Å². The minimum Gasteiger partial charge on any atom is -0.285 e. The van der Waals surface area contributed by atoms with Crippen LogP contribution in [0.5, 0.6) is 0 Å². The molecule has 0 amide bonds. The van der Waals surface area contributed by atoms with Gasteiger partial charge in [0.2, 0.25) is 0 Å². The highest BCUT2D eigenvalue weighted by Crippen LogP contribution is 2.19. The van der Waals surface area contributed by atoms with Gasteiger partial charge in [0.25, 0.3) is 10.1 Å². The first-order valence-corrected chi connectivity index (χ1v) is 13.5. The summed E-state index contributed by atoms with van der Waals surface area (Å²) in [5.74, 6) is 0. The summed E-state index contributed by atoms with van der Waals surface area (Å²) in [6, 6.07) is 0. The Morgan fingerprint density at radius 2 is 0.778 bits per heavy atom. The van der Waals surface area contributed by atoms with Crippen molar-refractivity contribution in [3.05, 3.63) is 0 Å². The van der Waals surface area contributed by atoms with E-state index in [1.54, 1.807) is 0 Å². The molecule has 0 bridgehead atoms. The molecule has 164 valence electrons. The molecule has 0 aliphatic rings. The molecule has 27 heavy (non-hydrogen) atoms. The van der Waals surface area contributed by atoms with Crippen LogP contribution in [-0.2, 0) is 10.1 Å². The van der Waals surface area contributed by atoms with E-state index in [-0.39, 0.29) is 0 Å². The Morgan fingerprint density at radius 1 is 0.519 bits per heavy atom. The van der Waals surface area contributed by atoms with E-state index in [0.717, 1.165) is 25.7 Å². The van der Waals surface area contributed by atoms with Gasteiger partial charge in [-0.3, -0.25) is 4.55 Å². The second-order valence-corrected chi connectivity index (χ2v) is 10.1. The van der Waals surface area contributed by atoms with Crippen molar-refractivity contribution in [3.63, 3.8) is 0 Å². The van der Waals surface area contributed by atoms with Crippen molar-refractivity contribution >= 4 is 10.1 Å². The topological polar surface area (TPSA) is 54.4 Å². The molecule has 0 radical (unpaired) electrons. The van der Waals surface area contributed by atoms with Crippen molar-refractivity contribution in [2.24, 2.45) is 0 Å². The molecule has 0 rings (SSSR count). The zero-order valence-corrected chi connectivity index (χ0v) is 19.2. The van der Waals surface area contributed by atoms with Gasteiger partial charge < -0.3 is 0 Å². The highest BCUT2D eigenvalue weighted by Gasteiger charge is 2.21. The second kappa shape index (κ2) is 19.2. The lowest BCUT2D eigenvalue weighted by atomic mass is 10.0. The summed E-state index contributed by atoms with van der Waals surface area (Å²) >= 11 is 0. The average Bonchev–Trinajstić information content (AvgIpc) is 2.62. The van der Waals surface area contributed by atoms with Crippen LogP contribution < -0.4 is 0 Å². The van der Waals surface area contributed by atoms with Crippen LogP contribution in [0.25, 0.3) is 0 Å². The number of unbranched alkanes of at least 4 members (excludes halogenated alkanes) is 16. The Balaban J connectivity index is 3.64. The van der Waals surface area contributed by atoms with Crippen molar-refractivity contribution in [2.75, 3.05) is 0 Å². The fourth-order valence-electron chi connectivity index (χ4n) is 3.81. The summed E-state index contributed by atoms with van der Waals surface area (Å²) in [6.07, 6.45) is 23.5. The Kier molecular flexibility index (Phi) is 19.2. The first kappa shape index (κ1) is 26.9. The van der Waals surface area contributed by atoms with Crippen LogP contribution in [0.1, 0.15) is 142 Å². The molecule has 0 heterocycles. The van der Waals surface area contributed by atoms with Gasteiger partial charge in [0.05, 0.1) is 5.25 Å². The first-order valence-electron chi connectivity index (χ1n) is 12.0. The van der Waals surface area contributed by atoms with Crippen molar-refractivity contribution in [3.8, 4) is 0 Å². The molecule has 1 atom stereocenters. The van der Waals surface area contributed by atoms with Crippen molar-refractivity contribution in [1.29, 1.82) is 0 Å². The third kappa shape index (κ3) is 19.0. The van der Waals surface area contributed by atoms with E-state index in [1.165, 1.54) is 89.9 Å². The van der Waals surface area contributed by atoms with E-state index in [0.29, 0.717) is 12.8 Å². The zero-order valence-electron chi connectivity index (χ0n) is 18.4. The summed E-state index contributed by atoms with van der Waals surface area (Å²) in [5.41, 5.74) is 0. The van der Waals surface area contributed by atoms with Gasteiger partial charge in [-0.1, -0.05) is 129 Å². The van der Waals surface area contributed by atoms with Crippen molar-refractivity contribution < 1.29 is 13.0 Å². The Hall–Kier alpha value is -0.0900. The Labute approximate surface area is 170 Å². The van der Waals surface area contributed by atoms with Crippen molar-refractivity contribution in [2.45, 2.75) is 148 Å². The van der Waals surface area contributed by atoms with E-state index in [4.69, 9.17) is 0 Å². The molecule has 0 aliphatic carbocycles. The lowest BCUT2D eigenvalue weighted by molar-refractivity contribution is 0.442. The minimum atomic E-state index is -3.88. The highest BCUT2D eigenvalue weighted by atomic mass is 32.2. The SMILES string of the molecule is CCCCCCCCCCCCCC(CCCCCCCCC)S(=O)(=O)O. The second-order valence-electron chi connectivity index (χ2n) is 8.37. The van der Waals surface area contributed by atoms with E-state index < -0.39 is 15.4 Å². The van der Waals surface area contributed by atoms with Crippen LogP contribution in [-0.4, -0.2) is 18.2 Å². The molecule has 3 nitrogen and oxygen atoms in total. The molecule has 0 spiro atoms. The number of hydrogen-bond acceptors (Lipinski definition) is 2. The molecule has 0 aromatic rings. The van der Waals surface area contributed by atoms with Crippen molar-refractivity contribution in [1.82, 2.24) is 0 Å². The van der Waals surface area contributed by atoms with Gasteiger partial charge in [0.1, 0.15) is 0 Å². The fraction of sp³-hybridized carbons (Fsp3) is 1.00. The van der Waals surface area contributed by atoms with E-state index in [1.807, 2.05) is 0 Å². The third-order valence-corrected chi connectivity index (χ3v) is 6.99. The lowest BCUT2D eigenvalue weighted by Crippen LogP contribution is -2.20. The number of rotatable bonds is 21. The number of hydrogen-bond donors (Lipinski definition) is 1. The standard InChI is InChI=1S/C23H48O3S/c1-3-5-7-9-11-12-13-14-16-18-20-22-23(27(24,25)26)21-19-17-15-10-8-6-4-2/h23H,3-22H2,1-2H3,(H,24,25,26). The molecular formula is C23H48O3S. The molecule has 0 aromatic carbocycles. The first-order chi connectivity index (χ1) is 13.0. The average molecular weight is 405 g/mol. The molecule has 0 aliphatic heterocycles. The van der Waals surface area contributed by atoms with E-state index in [2.05, 4.69) is 13.8 Å². The van der Waals surface area contributed by atoms with Gasteiger partial charge in [0.15, 0.2) is 0 Å². The molecule has 1 unspecified atom stereocenters. The lowest BCUT2D eigenvalue weighted by Gasteiger charge is -2.13. The smallest absolute Gasteiger partial charge is 0.267 e. The largest absolute Gasteiger partial charge is 0.285 e. The van der Waals surface area contributed by atoms with Crippen LogP contribution in [0, 0.1) is 0 Å². The third-order valence-electron chi connectivity index (χ3n) is 5.68. The molecule has 0 saturated heterocycles. The van der Waals surface area contributed by atoms with Crippen LogP contribution in [0.4, 0.5) is 0 Å². The summed E-state index contributed by atoms with van der Waals surface area (Å²) in [5, 5.41) is -0.535. The Bertz CT molecular complexity index is 392. The minimum absolute atomic E-state index is 0.535. The van der Waals surface area contributed by atoms with Crippen LogP contribution in [0.2, 0.25) is 0 Å². The van der Waals surface area contributed by atoms with Gasteiger partial charge in [-0.05, 0) is 12.8 Å². The normalized spacial score (nSPS) is 13.1. The highest BCUT2D eigenvalue weighted by molar-refractivity contribution is 7.86. The molecule has 0 fully saturated rings. The van der Waals surface area contributed by atoms with Gasteiger partial charge >= 0.3 is 0 Å². The fourth-order valence-corrected chi connectivity index (χ4v) is 4.74. The van der Waals surface area contributed by atoms with Gasteiger partial charge in [0, 0.05) is 0 Å². The molecule has 0 saturated carbocycles. The maximum absolute atomic E-state index is 11.6. The van der Waals surface area contributed by atoms with Gasteiger partial charge in [-0.15, -0.1) is 0 Å². The van der Waals surface area contributed by atoms with E-state index >= 15 is 0 Å². The quantitative estimate of drug-likeness (QED) is 0.155. The molecule has 4 heteroatoms. The molecule has 1 N–H and O–H groups in total. The summed E-state index contributed by atoms with van der Waals surface area (Å²) in [6.45, 7) is 4.46. The van der Waals surface area contributed by atoms with Crippen LogP contribution in [0.3, 0.4) is 0 Å². The molecule has 0 aromatic heterocycles. The van der Waals surface area contributed by atoms with E-state index in [9.17, 15) is 13.0 Å². The summed E-state index contributed by atoms with van der Waals surface area (Å²) in [7, 11) is -3.88. The van der Waals surface area contributed by atoms with Gasteiger partial charge in [-0.2, -0.15) is 8.42 Å². The Morgan fingerprint density at radius 3 is 1.04 bits per heavy atom. The predicted molar refractivity (Wildman–Crippen MR) is 119 cm³/mol. The zero-order chi connectivity index (χ0) is 20.2. The predicted octanol–water partition coefficient (Wildman–Crippen LogP) is 8.08.